The van der Waals surface area contributed by atoms with Gasteiger partial charge in [0, 0.05) is 17.1 Å². The molecule has 0 saturated carbocycles. The molecule has 0 spiro atoms. The van der Waals surface area contributed by atoms with Crippen molar-refractivity contribution in [1.29, 1.82) is 0 Å². The average Bonchev–Trinajstić information content (AvgIpc) is 2.62. The number of nitrogens with one attached hydrogen (secondary N) is 1. The SMILES string of the molecule is COc1cccc2c(C=NO)c[nH]c12. The van der Waals surface area contributed by atoms with E-state index < -0.39 is 0 Å². The van der Waals surface area contributed by atoms with Gasteiger partial charge < -0.3 is 14.9 Å². The Morgan fingerprint density at radius 3 is 3.07 bits per heavy atom. The predicted molar refractivity (Wildman–Crippen MR) is 54.2 cm³/mol. The number of nitrogens with zero attached hydrogens (tertiary/aromatic N) is 1. The Kier molecular flexibility index (Phi) is 2.10. The molecule has 0 radical (unpaired) electrons. The zero-order chi connectivity index (χ0) is 9.97. The molecule has 2 N–H and O–H groups in total. The molecule has 0 aliphatic rings. The molecule has 0 unspecified atom stereocenters. The van der Waals surface area contributed by atoms with Gasteiger partial charge in [0.25, 0.3) is 0 Å². The molecule has 0 saturated heterocycles. The van der Waals surface area contributed by atoms with Crippen LogP contribution < -0.4 is 4.74 Å². The molecule has 0 amide bonds. The Labute approximate surface area is 80.8 Å². The summed E-state index contributed by atoms with van der Waals surface area (Å²) in [4.78, 5) is 3.07. The number of aromatic amines is 1. The third-order valence-electron chi connectivity index (χ3n) is 2.13. The Balaban J connectivity index is 2.69. The van der Waals surface area contributed by atoms with E-state index in [1.165, 1.54) is 6.21 Å². The third-order valence-corrected chi connectivity index (χ3v) is 2.13. The predicted octanol–water partition coefficient (Wildman–Crippen LogP) is 1.98. The van der Waals surface area contributed by atoms with Gasteiger partial charge in [-0.3, -0.25) is 0 Å². The summed E-state index contributed by atoms with van der Waals surface area (Å²) in [6.07, 6.45) is 3.16. The summed E-state index contributed by atoms with van der Waals surface area (Å²) < 4.78 is 5.18. The minimum Gasteiger partial charge on any atom is -0.495 e. The van der Waals surface area contributed by atoms with Crippen LogP contribution in [0, 0.1) is 0 Å². The van der Waals surface area contributed by atoms with Crippen LogP contribution in [-0.4, -0.2) is 23.5 Å². The highest BCUT2D eigenvalue weighted by molar-refractivity contribution is 6.00. The lowest BCUT2D eigenvalue weighted by Crippen LogP contribution is -1.83. The van der Waals surface area contributed by atoms with Crippen LogP contribution in [0.5, 0.6) is 5.75 Å². The van der Waals surface area contributed by atoms with Gasteiger partial charge >= 0.3 is 0 Å². The highest BCUT2D eigenvalue weighted by atomic mass is 16.5. The second-order valence-electron chi connectivity index (χ2n) is 2.87. The number of benzene rings is 1. The summed E-state index contributed by atoms with van der Waals surface area (Å²) in [5.41, 5.74) is 1.74. The lowest BCUT2D eigenvalue weighted by Gasteiger charge is -2.00. The summed E-state index contributed by atoms with van der Waals surface area (Å²) in [5.74, 6) is 0.778. The van der Waals surface area contributed by atoms with Gasteiger partial charge in [0.1, 0.15) is 5.75 Å². The van der Waals surface area contributed by atoms with Crippen molar-refractivity contribution < 1.29 is 9.94 Å². The van der Waals surface area contributed by atoms with E-state index in [4.69, 9.17) is 9.94 Å². The first-order valence-corrected chi connectivity index (χ1v) is 4.18. The maximum Gasteiger partial charge on any atom is 0.142 e. The molecule has 0 aliphatic carbocycles. The molecule has 2 rings (SSSR count). The van der Waals surface area contributed by atoms with Crippen molar-refractivity contribution in [2.24, 2.45) is 5.16 Å². The third kappa shape index (κ3) is 1.21. The number of methoxy groups -OCH3 is 1. The molecular formula is C10H10N2O2. The number of para-hydroxylation sites is 1. The van der Waals surface area contributed by atoms with Crippen molar-refractivity contribution in [3.05, 3.63) is 30.0 Å². The van der Waals surface area contributed by atoms with Gasteiger partial charge in [-0.25, -0.2) is 0 Å². The van der Waals surface area contributed by atoms with Gasteiger partial charge in [0.2, 0.25) is 0 Å². The first kappa shape index (κ1) is 8.62. The van der Waals surface area contributed by atoms with E-state index in [9.17, 15) is 0 Å². The lowest BCUT2D eigenvalue weighted by molar-refractivity contribution is 0.322. The van der Waals surface area contributed by atoms with Crippen molar-refractivity contribution in [3.8, 4) is 5.75 Å². The second kappa shape index (κ2) is 3.41. The maximum absolute atomic E-state index is 8.45. The highest BCUT2D eigenvalue weighted by Crippen LogP contribution is 2.25. The topological polar surface area (TPSA) is 57.6 Å². The highest BCUT2D eigenvalue weighted by Gasteiger charge is 2.05. The number of aromatic nitrogens is 1. The minimum absolute atomic E-state index is 0.778. The number of hydrogen-bond donors (Lipinski definition) is 2. The first-order valence-electron chi connectivity index (χ1n) is 4.18. The zero-order valence-electron chi connectivity index (χ0n) is 7.69. The van der Waals surface area contributed by atoms with Crippen molar-refractivity contribution in [1.82, 2.24) is 4.98 Å². The summed E-state index contributed by atoms with van der Waals surface area (Å²) in [5, 5.41) is 12.4. The number of fused-ring (bicyclic) bond motifs is 1. The van der Waals surface area contributed by atoms with E-state index in [-0.39, 0.29) is 0 Å². The quantitative estimate of drug-likeness (QED) is 0.432. The molecule has 14 heavy (non-hydrogen) atoms. The normalized spacial score (nSPS) is 11.2. The molecule has 2 aromatic rings. The van der Waals surface area contributed by atoms with Gasteiger partial charge in [-0.05, 0) is 6.07 Å². The van der Waals surface area contributed by atoms with Crippen LogP contribution in [0.3, 0.4) is 0 Å². The van der Waals surface area contributed by atoms with Gasteiger partial charge in [-0.2, -0.15) is 0 Å². The van der Waals surface area contributed by atoms with Gasteiger partial charge in [0.15, 0.2) is 0 Å². The molecule has 0 fully saturated rings. The molecule has 72 valence electrons. The Morgan fingerprint density at radius 2 is 2.36 bits per heavy atom. The number of rotatable bonds is 2. The van der Waals surface area contributed by atoms with Crippen LogP contribution in [0.15, 0.2) is 29.6 Å². The van der Waals surface area contributed by atoms with Gasteiger partial charge in [-0.1, -0.05) is 17.3 Å². The maximum atomic E-state index is 8.45. The summed E-state index contributed by atoms with van der Waals surface area (Å²) in [6, 6.07) is 5.70. The smallest absolute Gasteiger partial charge is 0.142 e. The van der Waals surface area contributed by atoms with E-state index in [1.807, 2.05) is 18.2 Å². The largest absolute Gasteiger partial charge is 0.495 e. The lowest BCUT2D eigenvalue weighted by atomic mass is 10.2. The monoisotopic (exact) mass is 190 g/mol. The second-order valence-corrected chi connectivity index (χ2v) is 2.87. The van der Waals surface area contributed by atoms with Crippen molar-refractivity contribution in [2.75, 3.05) is 7.11 Å². The summed E-state index contributed by atoms with van der Waals surface area (Å²) in [6.45, 7) is 0. The zero-order valence-corrected chi connectivity index (χ0v) is 7.69. The summed E-state index contributed by atoms with van der Waals surface area (Å²) >= 11 is 0. The van der Waals surface area contributed by atoms with Gasteiger partial charge in [-0.15, -0.1) is 0 Å². The fourth-order valence-corrected chi connectivity index (χ4v) is 1.49. The number of oxime groups is 1. The standard InChI is InChI=1S/C10H10N2O2/c1-14-9-4-2-3-8-7(6-12-13)5-11-10(8)9/h2-6,11,13H,1H3. The molecule has 1 heterocycles. The Hall–Kier alpha value is -1.97. The van der Waals surface area contributed by atoms with E-state index in [0.717, 1.165) is 22.2 Å². The van der Waals surface area contributed by atoms with Crippen molar-refractivity contribution in [3.63, 3.8) is 0 Å². The van der Waals surface area contributed by atoms with E-state index in [1.54, 1.807) is 13.3 Å². The summed E-state index contributed by atoms with van der Waals surface area (Å²) in [7, 11) is 1.62. The van der Waals surface area contributed by atoms with E-state index in [2.05, 4.69) is 10.1 Å². The number of H-pyrrole nitrogens is 1. The minimum atomic E-state index is 0.778. The van der Waals surface area contributed by atoms with E-state index >= 15 is 0 Å². The van der Waals surface area contributed by atoms with Crippen LogP contribution >= 0.6 is 0 Å². The van der Waals surface area contributed by atoms with Crippen molar-refractivity contribution in [2.45, 2.75) is 0 Å². The molecule has 4 heteroatoms. The molecule has 0 aliphatic heterocycles. The molecule has 0 bridgehead atoms. The van der Waals surface area contributed by atoms with Crippen molar-refractivity contribution >= 4 is 17.1 Å². The number of ether oxygens (including phenoxy) is 1. The Bertz CT molecular complexity index is 474. The van der Waals surface area contributed by atoms with Crippen LogP contribution in [0.1, 0.15) is 5.56 Å². The molecule has 0 atom stereocenters. The molecule has 4 nitrogen and oxygen atoms in total. The molecular weight excluding hydrogens is 180 g/mol. The fraction of sp³-hybridized carbons (Fsp3) is 0.100. The van der Waals surface area contributed by atoms with Crippen LogP contribution in [-0.2, 0) is 0 Å². The average molecular weight is 190 g/mol. The van der Waals surface area contributed by atoms with E-state index in [0.29, 0.717) is 0 Å². The van der Waals surface area contributed by atoms with Crippen LogP contribution in [0.2, 0.25) is 0 Å². The van der Waals surface area contributed by atoms with Crippen LogP contribution in [0.4, 0.5) is 0 Å². The molecule has 1 aromatic heterocycles. The first-order chi connectivity index (χ1) is 6.86. The Morgan fingerprint density at radius 1 is 1.50 bits per heavy atom. The molecule has 1 aromatic carbocycles. The van der Waals surface area contributed by atoms with Gasteiger partial charge in [0.05, 0.1) is 18.8 Å². The fourth-order valence-electron chi connectivity index (χ4n) is 1.49. The number of hydrogen-bond acceptors (Lipinski definition) is 3. The van der Waals surface area contributed by atoms with Crippen LogP contribution in [0.25, 0.3) is 10.9 Å².